The first kappa shape index (κ1) is 6.78. The Balaban J connectivity index is 0.000000250. The van der Waals surface area contributed by atoms with E-state index in [0.29, 0.717) is 0 Å². The van der Waals surface area contributed by atoms with E-state index in [1.54, 1.807) is 0 Å². The van der Waals surface area contributed by atoms with Crippen LogP contribution in [0.25, 0.3) is 0 Å². The number of hydrogen-bond donors (Lipinski definition) is 0. The van der Waals surface area contributed by atoms with Gasteiger partial charge in [-0.05, 0) is 0 Å². The van der Waals surface area contributed by atoms with Crippen LogP contribution >= 0.6 is 0 Å². The summed E-state index contributed by atoms with van der Waals surface area (Å²) >= 11 is 0. The van der Waals surface area contributed by atoms with Crippen molar-refractivity contribution in [3.8, 4) is 0 Å². The van der Waals surface area contributed by atoms with Gasteiger partial charge in [-0.25, -0.2) is 0 Å². The fraction of sp³-hybridized carbons (Fsp3) is 0. The molecule has 0 amide bonds. The quantitative estimate of drug-likeness (QED) is 0.322. The SMILES string of the molecule is [K+].c1nc[n-]n1. The van der Waals surface area contributed by atoms with Crippen molar-refractivity contribution in [1.29, 1.82) is 0 Å². The Bertz CT molecular complexity index is 65.3. The summed E-state index contributed by atoms with van der Waals surface area (Å²) < 4.78 is 0. The zero-order chi connectivity index (χ0) is 3.54. The molecular formula is C2H2KN3. The average Bonchev–Trinajstić information content (AvgIpc) is 1.76. The second-order valence-electron chi connectivity index (χ2n) is 0.611. The van der Waals surface area contributed by atoms with Gasteiger partial charge in [0.25, 0.3) is 0 Å². The van der Waals surface area contributed by atoms with Crippen LogP contribution in [0.1, 0.15) is 0 Å². The van der Waals surface area contributed by atoms with Crippen molar-refractivity contribution >= 4 is 0 Å². The van der Waals surface area contributed by atoms with E-state index in [4.69, 9.17) is 0 Å². The molecule has 1 heterocycles. The van der Waals surface area contributed by atoms with E-state index >= 15 is 0 Å². The van der Waals surface area contributed by atoms with E-state index in [2.05, 4.69) is 15.2 Å². The molecule has 0 atom stereocenters. The van der Waals surface area contributed by atoms with Gasteiger partial charge in [-0.2, -0.15) is 0 Å². The van der Waals surface area contributed by atoms with Gasteiger partial charge < -0.3 is 10.1 Å². The summed E-state index contributed by atoms with van der Waals surface area (Å²) in [4.78, 5) is 3.50. The molecule has 0 unspecified atom stereocenters. The minimum absolute atomic E-state index is 0. The molecule has 0 bridgehead atoms. The van der Waals surface area contributed by atoms with Gasteiger partial charge >= 0.3 is 51.4 Å². The van der Waals surface area contributed by atoms with Gasteiger partial charge in [0.2, 0.25) is 0 Å². The van der Waals surface area contributed by atoms with Crippen LogP contribution in [0, 0.1) is 0 Å². The topological polar surface area (TPSA) is 39.9 Å². The van der Waals surface area contributed by atoms with Crippen molar-refractivity contribution in [1.82, 2.24) is 15.2 Å². The van der Waals surface area contributed by atoms with E-state index < -0.39 is 0 Å². The summed E-state index contributed by atoms with van der Waals surface area (Å²) in [5.41, 5.74) is 0. The first-order valence-corrected chi connectivity index (χ1v) is 1.23. The Hall–Kier alpha value is 0.776. The van der Waals surface area contributed by atoms with E-state index in [-0.39, 0.29) is 51.4 Å². The van der Waals surface area contributed by atoms with Crippen molar-refractivity contribution < 1.29 is 51.4 Å². The molecule has 0 aromatic carbocycles. The summed E-state index contributed by atoms with van der Waals surface area (Å²) in [7, 11) is 0. The van der Waals surface area contributed by atoms with Gasteiger partial charge in [0.05, 0.1) is 0 Å². The smallest absolute Gasteiger partial charge is 0.432 e. The van der Waals surface area contributed by atoms with E-state index in [1.165, 1.54) is 12.7 Å². The number of nitrogens with zero attached hydrogens (tertiary/aromatic N) is 3. The third-order valence-electron chi connectivity index (χ3n) is 0.303. The molecule has 0 radical (unpaired) electrons. The summed E-state index contributed by atoms with van der Waals surface area (Å²) in [5.74, 6) is 0. The van der Waals surface area contributed by atoms with E-state index in [9.17, 15) is 0 Å². The van der Waals surface area contributed by atoms with Crippen LogP contribution in [0.3, 0.4) is 0 Å². The molecule has 1 rings (SSSR count). The fourth-order valence-corrected chi connectivity index (χ4v) is 0.149. The normalized spacial score (nSPS) is 6.67. The molecule has 0 saturated carbocycles. The van der Waals surface area contributed by atoms with Gasteiger partial charge in [-0.1, -0.05) is 6.33 Å². The van der Waals surface area contributed by atoms with Crippen LogP contribution in [0.5, 0.6) is 0 Å². The second kappa shape index (κ2) is 3.95. The summed E-state index contributed by atoms with van der Waals surface area (Å²) in [5, 5.41) is 6.72. The zero-order valence-electron chi connectivity index (χ0n) is 3.50. The molecule has 0 spiro atoms. The Labute approximate surface area is 78.0 Å². The molecule has 1 aromatic heterocycles. The molecule has 0 aliphatic rings. The van der Waals surface area contributed by atoms with Crippen LogP contribution in [0.2, 0.25) is 0 Å². The van der Waals surface area contributed by atoms with E-state index in [0.717, 1.165) is 0 Å². The molecule has 1 aromatic rings. The average molecular weight is 107 g/mol. The van der Waals surface area contributed by atoms with Gasteiger partial charge in [0.1, 0.15) is 0 Å². The molecule has 0 fully saturated rings. The van der Waals surface area contributed by atoms with Gasteiger partial charge in [-0.3, -0.25) is 5.10 Å². The first-order valence-electron chi connectivity index (χ1n) is 1.23. The number of hydrogen-bond acceptors (Lipinski definition) is 2. The van der Waals surface area contributed by atoms with Crippen molar-refractivity contribution in [2.75, 3.05) is 0 Å². The first-order chi connectivity index (χ1) is 2.50. The molecule has 3 nitrogen and oxygen atoms in total. The van der Waals surface area contributed by atoms with Gasteiger partial charge in [0, 0.05) is 6.33 Å². The predicted molar refractivity (Wildman–Crippen MR) is 15.4 cm³/mol. The summed E-state index contributed by atoms with van der Waals surface area (Å²) in [6, 6.07) is 0. The Morgan fingerprint density at radius 3 is 2.50 bits per heavy atom. The maximum atomic E-state index is 3.50. The third kappa shape index (κ3) is 2.04. The molecule has 4 heteroatoms. The van der Waals surface area contributed by atoms with Gasteiger partial charge in [0.15, 0.2) is 0 Å². The molecular weight excluding hydrogens is 105 g/mol. The maximum absolute atomic E-state index is 3.50. The number of rotatable bonds is 0. The second-order valence-corrected chi connectivity index (χ2v) is 0.611. The van der Waals surface area contributed by atoms with Crippen molar-refractivity contribution in [2.24, 2.45) is 0 Å². The fourth-order valence-electron chi connectivity index (χ4n) is 0.149. The molecule has 0 aliphatic heterocycles. The zero-order valence-corrected chi connectivity index (χ0v) is 6.62. The van der Waals surface area contributed by atoms with E-state index in [1.807, 2.05) is 0 Å². The molecule has 0 N–H and O–H groups in total. The predicted octanol–water partition coefficient (Wildman–Crippen LogP) is -3.56. The van der Waals surface area contributed by atoms with Crippen LogP contribution in [-0.2, 0) is 0 Å². The van der Waals surface area contributed by atoms with Crippen molar-refractivity contribution in [2.45, 2.75) is 0 Å². The Morgan fingerprint density at radius 1 is 1.50 bits per heavy atom. The standard InChI is InChI=1S/C2H2N3.K/c1-3-2-5-4-1;/h1-2H;/q-1;+1. The summed E-state index contributed by atoms with van der Waals surface area (Å²) in [6.45, 7) is 0. The van der Waals surface area contributed by atoms with Crippen molar-refractivity contribution in [3.05, 3.63) is 12.7 Å². The van der Waals surface area contributed by atoms with Gasteiger partial charge in [-0.15, -0.1) is 0 Å². The molecule has 0 saturated heterocycles. The maximum Gasteiger partial charge on any atom is 1.00 e. The Kier molecular flexibility index (Phi) is 4.46. The monoisotopic (exact) mass is 107 g/mol. The van der Waals surface area contributed by atoms with Crippen LogP contribution in [-0.4, -0.2) is 10.1 Å². The largest absolute Gasteiger partial charge is 1.00 e. The Morgan fingerprint density at radius 2 is 2.33 bits per heavy atom. The molecule has 0 aliphatic carbocycles. The summed E-state index contributed by atoms with van der Waals surface area (Å²) in [6.07, 6.45) is 2.78. The minimum Gasteiger partial charge on any atom is -0.432 e. The van der Waals surface area contributed by atoms with Crippen LogP contribution < -0.4 is 56.5 Å². The molecule has 26 valence electrons. The third-order valence-corrected chi connectivity index (χ3v) is 0.303. The van der Waals surface area contributed by atoms with Crippen LogP contribution in [0.15, 0.2) is 12.7 Å². The van der Waals surface area contributed by atoms with Crippen molar-refractivity contribution in [3.63, 3.8) is 0 Å². The van der Waals surface area contributed by atoms with Crippen LogP contribution in [0.4, 0.5) is 0 Å². The molecule has 6 heavy (non-hydrogen) atoms. The minimum atomic E-state index is 0. The number of aromatic nitrogens is 3.